The zero-order chi connectivity index (χ0) is 17.3. The van der Waals surface area contributed by atoms with E-state index >= 15 is 0 Å². The fourth-order valence-corrected chi connectivity index (χ4v) is 3.71. The van der Waals surface area contributed by atoms with Gasteiger partial charge in [-0.2, -0.15) is 0 Å². The smallest absolute Gasteiger partial charge is 0.257 e. The average Bonchev–Trinajstić information content (AvgIpc) is 2.54. The van der Waals surface area contributed by atoms with Crippen molar-refractivity contribution in [1.82, 2.24) is 4.98 Å². The van der Waals surface area contributed by atoms with E-state index in [-0.39, 0.29) is 11.5 Å². The second-order valence-corrected chi connectivity index (χ2v) is 7.58. The van der Waals surface area contributed by atoms with Gasteiger partial charge in [0, 0.05) is 24.5 Å². The van der Waals surface area contributed by atoms with E-state index in [4.69, 9.17) is 0 Å². The summed E-state index contributed by atoms with van der Waals surface area (Å²) in [6.45, 7) is 0.434. The van der Waals surface area contributed by atoms with Gasteiger partial charge in [-0.15, -0.1) is 0 Å². The van der Waals surface area contributed by atoms with Crippen molar-refractivity contribution in [2.75, 3.05) is 22.4 Å². The highest BCUT2D eigenvalue weighted by molar-refractivity contribution is 7.92. The maximum atomic E-state index is 12.2. The molecule has 2 aromatic rings. The Balaban J connectivity index is 1.89. The normalized spacial score (nSPS) is 14.1. The molecule has 3 rings (SSSR count). The average molecular weight is 347 g/mol. The lowest BCUT2D eigenvalue weighted by atomic mass is 10.0. The summed E-state index contributed by atoms with van der Waals surface area (Å²) in [6, 6.07) is 7.94. The minimum absolute atomic E-state index is 0.288. The maximum absolute atomic E-state index is 12.2. The molecule has 0 saturated heterocycles. The molecule has 0 fully saturated rings. The molecule has 1 aromatic heterocycles. The van der Waals surface area contributed by atoms with Crippen LogP contribution in [0.15, 0.2) is 41.3 Å². The van der Waals surface area contributed by atoms with Gasteiger partial charge in [0.2, 0.25) is 15.6 Å². The monoisotopic (exact) mass is 347 g/mol. The summed E-state index contributed by atoms with van der Waals surface area (Å²) < 4.78 is 25.2. The SMILES string of the molecule is CS(=O)(=O)N1CCCc2ccc(NC(=O)c3ccc(=O)[nH]c3)cc21. The molecule has 0 bridgehead atoms. The first-order valence-corrected chi connectivity index (χ1v) is 9.30. The van der Waals surface area contributed by atoms with Crippen molar-refractivity contribution in [2.45, 2.75) is 12.8 Å². The molecule has 0 radical (unpaired) electrons. The molecule has 0 spiro atoms. The van der Waals surface area contributed by atoms with Gasteiger partial charge in [-0.1, -0.05) is 6.07 Å². The number of nitrogens with zero attached hydrogens (tertiary/aromatic N) is 1. The largest absolute Gasteiger partial charge is 0.328 e. The third-order valence-corrected chi connectivity index (χ3v) is 5.05. The standard InChI is InChI=1S/C16H17N3O4S/c1-24(22,23)19-8-2-3-11-4-6-13(9-14(11)19)18-16(21)12-5-7-15(20)17-10-12/h4-7,9-10H,2-3,8H2,1H3,(H,17,20)(H,18,21). The van der Waals surface area contributed by atoms with Gasteiger partial charge in [-0.3, -0.25) is 13.9 Å². The van der Waals surface area contributed by atoms with Crippen molar-refractivity contribution in [3.8, 4) is 0 Å². The Kier molecular flexibility index (Phi) is 4.15. The molecule has 0 saturated carbocycles. The first-order chi connectivity index (χ1) is 11.3. The van der Waals surface area contributed by atoms with E-state index in [0.717, 1.165) is 18.4 Å². The highest BCUT2D eigenvalue weighted by Gasteiger charge is 2.24. The third kappa shape index (κ3) is 3.33. The number of benzene rings is 1. The number of aryl methyl sites for hydroxylation is 1. The van der Waals surface area contributed by atoms with Crippen molar-refractivity contribution >= 4 is 27.3 Å². The number of amides is 1. The van der Waals surface area contributed by atoms with Crippen molar-refractivity contribution in [3.05, 3.63) is 58.0 Å². The summed E-state index contributed by atoms with van der Waals surface area (Å²) in [5, 5.41) is 2.72. The van der Waals surface area contributed by atoms with E-state index in [1.807, 2.05) is 6.07 Å². The number of carbonyl (C=O) groups is 1. The number of aromatic nitrogens is 1. The number of anilines is 2. The Bertz CT molecular complexity index is 930. The molecule has 8 heteroatoms. The van der Waals surface area contributed by atoms with Gasteiger partial charge >= 0.3 is 0 Å². The van der Waals surface area contributed by atoms with Crippen molar-refractivity contribution in [2.24, 2.45) is 0 Å². The minimum Gasteiger partial charge on any atom is -0.328 e. The molecular weight excluding hydrogens is 330 g/mol. The highest BCUT2D eigenvalue weighted by Crippen LogP contribution is 2.31. The number of nitrogens with one attached hydrogen (secondary N) is 2. The third-order valence-electron chi connectivity index (χ3n) is 3.87. The van der Waals surface area contributed by atoms with E-state index in [9.17, 15) is 18.0 Å². The summed E-state index contributed by atoms with van der Waals surface area (Å²) in [5.41, 5.74) is 2.06. The number of carbonyl (C=O) groups excluding carboxylic acids is 1. The number of pyridine rings is 1. The molecule has 7 nitrogen and oxygen atoms in total. The molecule has 1 amide bonds. The topological polar surface area (TPSA) is 99.3 Å². The molecule has 2 N–H and O–H groups in total. The van der Waals surface area contributed by atoms with Crippen LogP contribution in [0.25, 0.3) is 0 Å². The van der Waals surface area contributed by atoms with Crippen molar-refractivity contribution in [3.63, 3.8) is 0 Å². The maximum Gasteiger partial charge on any atom is 0.257 e. The van der Waals surface area contributed by atoms with E-state index in [1.54, 1.807) is 12.1 Å². The second kappa shape index (κ2) is 6.12. The van der Waals surface area contributed by atoms with Crippen LogP contribution in [-0.2, 0) is 16.4 Å². The molecule has 1 aliphatic heterocycles. The lowest BCUT2D eigenvalue weighted by molar-refractivity contribution is 0.102. The molecule has 1 aromatic carbocycles. The zero-order valence-electron chi connectivity index (χ0n) is 13.1. The number of hydrogen-bond acceptors (Lipinski definition) is 4. The van der Waals surface area contributed by atoms with Crippen LogP contribution in [-0.4, -0.2) is 32.1 Å². The summed E-state index contributed by atoms with van der Waals surface area (Å²) in [5.74, 6) is -0.382. The quantitative estimate of drug-likeness (QED) is 0.875. The summed E-state index contributed by atoms with van der Waals surface area (Å²) in [6.07, 6.45) is 4.07. The predicted octanol–water partition coefficient (Wildman–Crippen LogP) is 1.34. The van der Waals surface area contributed by atoms with Crippen LogP contribution in [0.3, 0.4) is 0 Å². The summed E-state index contributed by atoms with van der Waals surface area (Å²) in [4.78, 5) is 25.7. The Labute approximate surface area is 139 Å². The fourth-order valence-electron chi connectivity index (χ4n) is 2.72. The minimum atomic E-state index is -3.36. The second-order valence-electron chi connectivity index (χ2n) is 5.68. The van der Waals surface area contributed by atoms with E-state index in [2.05, 4.69) is 10.3 Å². The molecule has 126 valence electrons. The van der Waals surface area contributed by atoms with Gasteiger partial charge in [-0.05, 0) is 36.6 Å². The molecule has 24 heavy (non-hydrogen) atoms. The molecule has 0 unspecified atom stereocenters. The van der Waals surface area contributed by atoms with Gasteiger partial charge < -0.3 is 10.3 Å². The van der Waals surface area contributed by atoms with Crippen LogP contribution in [0.2, 0.25) is 0 Å². The molecule has 0 aliphatic carbocycles. The lowest BCUT2D eigenvalue weighted by Crippen LogP contribution is -2.34. The van der Waals surface area contributed by atoms with Crippen molar-refractivity contribution in [1.29, 1.82) is 0 Å². The van der Waals surface area contributed by atoms with Crippen LogP contribution >= 0.6 is 0 Å². The van der Waals surface area contributed by atoms with Crippen LogP contribution in [0.1, 0.15) is 22.3 Å². The Morgan fingerprint density at radius 2 is 2.04 bits per heavy atom. The number of sulfonamides is 1. The van der Waals surface area contributed by atoms with Gasteiger partial charge in [-0.25, -0.2) is 8.42 Å². The van der Waals surface area contributed by atoms with E-state index in [0.29, 0.717) is 23.5 Å². The molecular formula is C16H17N3O4S. The number of aromatic amines is 1. The summed E-state index contributed by atoms with van der Waals surface area (Å²) in [7, 11) is -3.36. The van der Waals surface area contributed by atoms with E-state index in [1.165, 1.54) is 28.9 Å². The number of rotatable bonds is 3. The highest BCUT2D eigenvalue weighted by atomic mass is 32.2. The van der Waals surface area contributed by atoms with Gasteiger partial charge in [0.15, 0.2) is 0 Å². The molecule has 0 atom stereocenters. The zero-order valence-corrected chi connectivity index (χ0v) is 13.9. The number of H-pyrrole nitrogens is 1. The predicted molar refractivity (Wildman–Crippen MR) is 92.0 cm³/mol. The fraction of sp³-hybridized carbons (Fsp3) is 0.250. The Morgan fingerprint density at radius 3 is 2.71 bits per heavy atom. The van der Waals surface area contributed by atoms with Gasteiger partial charge in [0.05, 0.1) is 17.5 Å². The first-order valence-electron chi connectivity index (χ1n) is 7.45. The van der Waals surface area contributed by atoms with Crippen LogP contribution in [0.5, 0.6) is 0 Å². The lowest BCUT2D eigenvalue weighted by Gasteiger charge is -2.29. The number of fused-ring (bicyclic) bond motifs is 1. The molecule has 2 heterocycles. The summed E-state index contributed by atoms with van der Waals surface area (Å²) >= 11 is 0. The van der Waals surface area contributed by atoms with Gasteiger partial charge in [0.25, 0.3) is 5.91 Å². The van der Waals surface area contributed by atoms with Crippen LogP contribution in [0.4, 0.5) is 11.4 Å². The van der Waals surface area contributed by atoms with E-state index < -0.39 is 10.0 Å². The van der Waals surface area contributed by atoms with Crippen LogP contribution in [0, 0.1) is 0 Å². The molecule has 1 aliphatic rings. The van der Waals surface area contributed by atoms with Gasteiger partial charge in [0.1, 0.15) is 0 Å². The first kappa shape index (κ1) is 16.3. The van der Waals surface area contributed by atoms with Crippen molar-refractivity contribution < 1.29 is 13.2 Å². The Hall–Kier alpha value is -2.61. The number of hydrogen-bond donors (Lipinski definition) is 2. The van der Waals surface area contributed by atoms with Crippen LogP contribution < -0.4 is 15.2 Å². The Morgan fingerprint density at radius 1 is 1.25 bits per heavy atom.